The third kappa shape index (κ3) is 2.61. The van der Waals surface area contributed by atoms with Gasteiger partial charge in [0, 0.05) is 28.9 Å². The van der Waals surface area contributed by atoms with Crippen LogP contribution in [-0.2, 0) is 13.0 Å². The zero-order chi connectivity index (χ0) is 15.1. The van der Waals surface area contributed by atoms with E-state index in [1.807, 2.05) is 26.2 Å². The molecule has 0 aliphatic rings. The van der Waals surface area contributed by atoms with Crippen molar-refractivity contribution in [1.29, 1.82) is 0 Å². The minimum atomic E-state index is 0.00359. The number of fused-ring (bicyclic) bond motifs is 1. The molecule has 3 aromatic heterocycles. The number of rotatable bonds is 3. The normalized spacial score (nSPS) is 11.4. The van der Waals surface area contributed by atoms with Gasteiger partial charge in [-0.15, -0.1) is 22.7 Å². The molecule has 0 radical (unpaired) electrons. The minimum Gasteiger partial charge on any atom is -0.323 e. The molecular formula is C14H15N3OS3. The molecule has 3 aromatic rings. The lowest BCUT2D eigenvalue weighted by molar-refractivity contribution is 0.650. The molecule has 0 spiro atoms. The SMILES string of the molecule is Cc1csc(CCn2c(=S)[nH]c3sc(C)c(C)c3c2=O)n1. The molecule has 7 heteroatoms. The van der Waals surface area contributed by atoms with Gasteiger partial charge in [-0.1, -0.05) is 0 Å². The molecule has 0 aliphatic heterocycles. The fourth-order valence-electron chi connectivity index (χ4n) is 2.29. The van der Waals surface area contributed by atoms with Gasteiger partial charge in [0.15, 0.2) is 4.77 Å². The summed E-state index contributed by atoms with van der Waals surface area (Å²) in [5.41, 5.74) is 2.07. The molecule has 0 aromatic carbocycles. The maximum absolute atomic E-state index is 12.7. The van der Waals surface area contributed by atoms with E-state index in [1.54, 1.807) is 27.2 Å². The summed E-state index contributed by atoms with van der Waals surface area (Å²) in [5, 5.41) is 3.82. The quantitative estimate of drug-likeness (QED) is 0.741. The van der Waals surface area contributed by atoms with Crippen LogP contribution in [-0.4, -0.2) is 14.5 Å². The molecule has 0 amide bonds. The number of aryl methyl sites for hydroxylation is 4. The number of thiophene rings is 1. The second kappa shape index (κ2) is 5.47. The summed E-state index contributed by atoms with van der Waals surface area (Å²) in [5.74, 6) is 0. The van der Waals surface area contributed by atoms with Crippen LogP contribution in [0, 0.1) is 25.5 Å². The van der Waals surface area contributed by atoms with E-state index >= 15 is 0 Å². The van der Waals surface area contributed by atoms with Crippen molar-refractivity contribution in [3.8, 4) is 0 Å². The van der Waals surface area contributed by atoms with Crippen LogP contribution in [0.3, 0.4) is 0 Å². The highest BCUT2D eigenvalue weighted by Gasteiger charge is 2.13. The number of nitrogens with one attached hydrogen (secondary N) is 1. The Balaban J connectivity index is 2.04. The monoisotopic (exact) mass is 337 g/mol. The predicted molar refractivity (Wildman–Crippen MR) is 91.3 cm³/mol. The largest absolute Gasteiger partial charge is 0.323 e. The van der Waals surface area contributed by atoms with E-state index in [2.05, 4.69) is 9.97 Å². The standard InChI is InChI=1S/C14H15N3OS3/c1-7-6-20-10(15-7)4-5-17-13(18)11-8(2)9(3)21-12(11)16-14(17)19/h6H,4-5H2,1-3H3,(H,16,19). The molecule has 0 saturated carbocycles. The van der Waals surface area contributed by atoms with Crippen LogP contribution in [0.2, 0.25) is 0 Å². The lowest BCUT2D eigenvalue weighted by atomic mass is 10.2. The number of hydrogen-bond donors (Lipinski definition) is 1. The molecule has 0 aliphatic carbocycles. The van der Waals surface area contributed by atoms with E-state index in [-0.39, 0.29) is 5.56 Å². The van der Waals surface area contributed by atoms with E-state index in [1.165, 1.54) is 0 Å². The average Bonchev–Trinajstić information content (AvgIpc) is 2.94. The zero-order valence-electron chi connectivity index (χ0n) is 12.0. The van der Waals surface area contributed by atoms with Gasteiger partial charge < -0.3 is 4.98 Å². The number of H-pyrrole nitrogens is 1. The van der Waals surface area contributed by atoms with E-state index in [4.69, 9.17) is 12.2 Å². The Labute approximate surface area is 135 Å². The summed E-state index contributed by atoms with van der Waals surface area (Å²) < 4.78 is 2.13. The van der Waals surface area contributed by atoms with Crippen LogP contribution >= 0.6 is 34.9 Å². The van der Waals surface area contributed by atoms with Gasteiger partial charge >= 0.3 is 0 Å². The van der Waals surface area contributed by atoms with Crippen LogP contribution < -0.4 is 5.56 Å². The van der Waals surface area contributed by atoms with Crippen LogP contribution in [0.15, 0.2) is 10.2 Å². The lowest BCUT2D eigenvalue weighted by Crippen LogP contribution is -2.23. The first-order valence-electron chi connectivity index (χ1n) is 6.61. The van der Waals surface area contributed by atoms with Gasteiger partial charge in [-0.3, -0.25) is 9.36 Å². The summed E-state index contributed by atoms with van der Waals surface area (Å²) in [6.45, 7) is 6.55. The first-order valence-corrected chi connectivity index (χ1v) is 8.71. The predicted octanol–water partition coefficient (Wildman–Crippen LogP) is 3.75. The Bertz CT molecular complexity index is 929. The third-order valence-electron chi connectivity index (χ3n) is 3.53. The van der Waals surface area contributed by atoms with Gasteiger partial charge in [0.25, 0.3) is 5.56 Å². The molecule has 21 heavy (non-hydrogen) atoms. The van der Waals surface area contributed by atoms with E-state index in [0.29, 0.717) is 11.3 Å². The molecule has 3 heterocycles. The highest BCUT2D eigenvalue weighted by molar-refractivity contribution is 7.71. The van der Waals surface area contributed by atoms with Crippen molar-refractivity contribution in [2.75, 3.05) is 0 Å². The second-order valence-electron chi connectivity index (χ2n) is 5.01. The zero-order valence-corrected chi connectivity index (χ0v) is 14.5. The van der Waals surface area contributed by atoms with Crippen molar-refractivity contribution in [1.82, 2.24) is 14.5 Å². The van der Waals surface area contributed by atoms with E-state index in [0.717, 1.165) is 37.8 Å². The van der Waals surface area contributed by atoms with Crippen LogP contribution in [0.4, 0.5) is 0 Å². The first kappa shape index (κ1) is 14.6. The molecule has 4 nitrogen and oxygen atoms in total. The van der Waals surface area contributed by atoms with Crippen molar-refractivity contribution in [2.24, 2.45) is 0 Å². The molecule has 0 atom stereocenters. The second-order valence-corrected chi connectivity index (χ2v) is 7.56. The molecule has 0 fully saturated rings. The summed E-state index contributed by atoms with van der Waals surface area (Å²) in [6, 6.07) is 0. The van der Waals surface area contributed by atoms with Gasteiger partial charge in [-0.05, 0) is 38.6 Å². The van der Waals surface area contributed by atoms with Crippen molar-refractivity contribution in [3.05, 3.63) is 41.6 Å². The van der Waals surface area contributed by atoms with Gasteiger partial charge in [-0.2, -0.15) is 0 Å². The molecule has 1 N–H and O–H groups in total. The van der Waals surface area contributed by atoms with Gasteiger partial charge in [-0.25, -0.2) is 4.98 Å². The Hall–Kier alpha value is -1.31. The van der Waals surface area contributed by atoms with E-state index < -0.39 is 0 Å². The summed E-state index contributed by atoms with van der Waals surface area (Å²) in [4.78, 5) is 22.3. The Morgan fingerprint density at radius 3 is 2.81 bits per heavy atom. The summed E-state index contributed by atoms with van der Waals surface area (Å²) in [6.07, 6.45) is 0.726. The first-order chi connectivity index (χ1) is 9.97. The maximum Gasteiger partial charge on any atom is 0.263 e. The Morgan fingerprint density at radius 1 is 1.38 bits per heavy atom. The van der Waals surface area contributed by atoms with E-state index in [9.17, 15) is 4.79 Å². The Morgan fingerprint density at radius 2 is 2.14 bits per heavy atom. The smallest absolute Gasteiger partial charge is 0.263 e. The number of aromatic amines is 1. The number of hydrogen-bond acceptors (Lipinski definition) is 5. The average molecular weight is 337 g/mol. The maximum atomic E-state index is 12.7. The molecular weight excluding hydrogens is 322 g/mol. The highest BCUT2D eigenvalue weighted by atomic mass is 32.1. The van der Waals surface area contributed by atoms with Crippen molar-refractivity contribution >= 4 is 45.1 Å². The highest BCUT2D eigenvalue weighted by Crippen LogP contribution is 2.25. The fourth-order valence-corrected chi connectivity index (χ4v) is 4.45. The van der Waals surface area contributed by atoms with Crippen molar-refractivity contribution < 1.29 is 0 Å². The van der Waals surface area contributed by atoms with Crippen LogP contribution in [0.25, 0.3) is 10.2 Å². The van der Waals surface area contributed by atoms with Gasteiger partial charge in [0.05, 0.1) is 10.4 Å². The summed E-state index contributed by atoms with van der Waals surface area (Å²) in [7, 11) is 0. The number of aromatic nitrogens is 3. The Kier molecular flexibility index (Phi) is 3.81. The van der Waals surface area contributed by atoms with Crippen molar-refractivity contribution in [2.45, 2.75) is 33.7 Å². The molecule has 0 bridgehead atoms. The molecule has 0 unspecified atom stereocenters. The minimum absolute atomic E-state index is 0.00359. The topological polar surface area (TPSA) is 50.7 Å². The van der Waals surface area contributed by atoms with Crippen molar-refractivity contribution in [3.63, 3.8) is 0 Å². The molecule has 0 saturated heterocycles. The van der Waals surface area contributed by atoms with Gasteiger partial charge in [0.2, 0.25) is 0 Å². The number of nitrogens with zero attached hydrogens (tertiary/aromatic N) is 2. The molecule has 3 rings (SSSR count). The lowest BCUT2D eigenvalue weighted by Gasteiger charge is -2.05. The third-order valence-corrected chi connectivity index (χ3v) is 6.00. The fraction of sp³-hybridized carbons (Fsp3) is 0.357. The van der Waals surface area contributed by atoms with Gasteiger partial charge in [0.1, 0.15) is 4.83 Å². The molecule has 110 valence electrons. The number of thiazole rings is 1. The van der Waals surface area contributed by atoms with Crippen LogP contribution in [0.1, 0.15) is 21.1 Å². The summed E-state index contributed by atoms with van der Waals surface area (Å²) >= 11 is 8.55. The van der Waals surface area contributed by atoms with Crippen LogP contribution in [0.5, 0.6) is 0 Å².